The van der Waals surface area contributed by atoms with Crippen molar-refractivity contribution in [3.05, 3.63) is 47.5 Å². The molecule has 3 rings (SSSR count). The average molecular weight is 541 g/mol. The van der Waals surface area contributed by atoms with E-state index in [1.165, 1.54) is 18.1 Å². The molecule has 1 aliphatic heterocycles. The van der Waals surface area contributed by atoms with Crippen LogP contribution in [0, 0.1) is 5.92 Å². The molecule has 1 aromatic rings. The fourth-order valence-corrected chi connectivity index (χ4v) is 7.56. The van der Waals surface area contributed by atoms with Crippen LogP contribution in [-0.2, 0) is 35.7 Å². The predicted molar refractivity (Wildman–Crippen MR) is 143 cm³/mol. The second-order valence-corrected chi connectivity index (χ2v) is 12.9. The maximum Gasteiger partial charge on any atom is 0.432 e. The summed E-state index contributed by atoms with van der Waals surface area (Å²) in [5.74, 6) is 0.375. The van der Waals surface area contributed by atoms with Gasteiger partial charge >= 0.3 is 6.09 Å². The number of aliphatic hydroxyl groups is 1. The molecule has 0 aromatic heterocycles. The van der Waals surface area contributed by atoms with Crippen LogP contribution < -0.4 is 0 Å². The first kappa shape index (κ1) is 29.0. The Labute approximate surface area is 222 Å². The number of imide groups is 1. The van der Waals surface area contributed by atoms with Crippen LogP contribution >= 0.6 is 11.8 Å². The van der Waals surface area contributed by atoms with Crippen LogP contribution in [0.25, 0.3) is 0 Å². The zero-order valence-corrected chi connectivity index (χ0v) is 23.6. The largest absolute Gasteiger partial charge is 0.442 e. The second-order valence-electron chi connectivity index (χ2n) is 10.4. The Kier molecular flexibility index (Phi) is 9.55. The smallest absolute Gasteiger partial charge is 0.432 e. The van der Waals surface area contributed by atoms with E-state index in [1.807, 2.05) is 39.0 Å². The van der Waals surface area contributed by atoms with Gasteiger partial charge in [0.1, 0.15) is 34.9 Å². The molecule has 0 radical (unpaired) electrons. The topological polar surface area (TPSA) is 88.6 Å². The third kappa shape index (κ3) is 6.64. The Morgan fingerprint density at radius 3 is 2.53 bits per heavy atom. The molecule has 0 bridgehead atoms. The molecule has 1 saturated heterocycles. The normalized spacial score (nSPS) is 32.3. The highest BCUT2D eigenvalue weighted by Gasteiger charge is 2.68. The van der Waals surface area contributed by atoms with Crippen molar-refractivity contribution in [2.75, 3.05) is 19.1 Å². The third-order valence-corrected chi connectivity index (χ3v) is 9.38. The number of allylic oxidation sites excluding steroid dienone is 1. The van der Waals surface area contributed by atoms with E-state index in [-0.39, 0.29) is 17.0 Å². The summed E-state index contributed by atoms with van der Waals surface area (Å²) in [5, 5.41) is 12.2. The van der Waals surface area contributed by atoms with Gasteiger partial charge in [0.05, 0.1) is 18.3 Å². The summed E-state index contributed by atoms with van der Waals surface area (Å²) in [5.41, 5.74) is 0.707. The molecule has 2 aliphatic rings. The molecular weight excluding hydrogens is 502 g/mol. The van der Waals surface area contributed by atoms with Crippen molar-refractivity contribution in [1.82, 2.24) is 4.42 Å². The van der Waals surface area contributed by atoms with E-state index in [2.05, 4.69) is 24.5 Å². The quantitative estimate of drug-likeness (QED) is 0.213. The van der Waals surface area contributed by atoms with Gasteiger partial charge in [-0.05, 0) is 50.9 Å². The zero-order valence-electron chi connectivity index (χ0n) is 22.0. The molecule has 1 N–H and O–H groups in total. The number of rotatable bonds is 9. The van der Waals surface area contributed by atoms with Crippen molar-refractivity contribution in [3.8, 4) is 0 Å². The monoisotopic (exact) mass is 540 g/mol. The van der Waals surface area contributed by atoms with Crippen LogP contribution in [0.5, 0.6) is 0 Å². The zero-order chi connectivity index (χ0) is 26.7. The van der Waals surface area contributed by atoms with Crippen molar-refractivity contribution in [2.45, 2.75) is 82.2 Å². The molecule has 7 nitrogen and oxygen atoms in total. The van der Waals surface area contributed by atoms with Gasteiger partial charge in [0, 0.05) is 31.4 Å². The number of ether oxygens (including phenoxy) is 3. The molecule has 7 unspecified atom stereocenters. The second kappa shape index (κ2) is 11.9. The molecule has 7 atom stereocenters. The lowest BCUT2D eigenvalue weighted by molar-refractivity contribution is -0.171. The van der Waals surface area contributed by atoms with E-state index >= 15 is 0 Å². The van der Waals surface area contributed by atoms with Gasteiger partial charge in [-0.2, -0.15) is 4.42 Å². The molecule has 1 heterocycles. The van der Waals surface area contributed by atoms with Gasteiger partial charge in [-0.3, -0.25) is 4.79 Å². The van der Waals surface area contributed by atoms with Crippen molar-refractivity contribution >= 4 is 34.7 Å². The fraction of sp³-hybridized carbons (Fsp3) is 0.630. The number of benzene rings is 1. The van der Waals surface area contributed by atoms with Crippen molar-refractivity contribution in [1.29, 1.82) is 0 Å². The Balaban J connectivity index is 1.87. The first-order chi connectivity index (χ1) is 16.9. The summed E-state index contributed by atoms with van der Waals surface area (Å²) >= 11 is 5.80. The summed E-state index contributed by atoms with van der Waals surface area (Å²) in [6, 6.07) is 10.3. The van der Waals surface area contributed by atoms with E-state index < -0.39 is 41.3 Å². The van der Waals surface area contributed by atoms with Gasteiger partial charge < -0.3 is 19.3 Å². The molecule has 9 heteroatoms. The standard InChI is InChI=1S/C27H39ClNO6S/c1-18(2)12-13-22-26(4,35-22)24-23(33-5)21(34-25(31)29(28)19(3)30)14-15-27(24,32)17-36(6)16-20-10-8-7-9-11-20/h7-12,21-24,32H,13-17H2,1-6H3/q+1. The minimum Gasteiger partial charge on any atom is -0.442 e. The lowest BCUT2D eigenvalue weighted by atomic mass is 9.66. The van der Waals surface area contributed by atoms with Crippen LogP contribution in [0.1, 0.15) is 52.5 Å². The van der Waals surface area contributed by atoms with E-state index in [0.29, 0.717) is 23.0 Å². The highest BCUT2D eigenvalue weighted by molar-refractivity contribution is 7.95. The van der Waals surface area contributed by atoms with E-state index in [9.17, 15) is 14.7 Å². The summed E-state index contributed by atoms with van der Waals surface area (Å²) < 4.78 is 18.2. The number of hydrogen-bond donors (Lipinski definition) is 1. The van der Waals surface area contributed by atoms with Crippen LogP contribution in [0.15, 0.2) is 42.0 Å². The number of hydrogen-bond acceptors (Lipinski definition) is 6. The van der Waals surface area contributed by atoms with Crippen molar-refractivity contribution in [2.24, 2.45) is 5.92 Å². The van der Waals surface area contributed by atoms with Gasteiger partial charge in [-0.15, -0.1) is 0 Å². The van der Waals surface area contributed by atoms with Crippen molar-refractivity contribution in [3.63, 3.8) is 0 Å². The molecule has 0 spiro atoms. The molecule has 36 heavy (non-hydrogen) atoms. The Bertz CT molecular complexity index is 957. The van der Waals surface area contributed by atoms with Crippen LogP contribution in [-0.4, -0.2) is 70.2 Å². The molecular formula is C27H39ClNO6S+. The molecule has 2 amide bonds. The average Bonchev–Trinajstić information content (AvgIpc) is 3.48. The number of carbonyl (C=O) groups is 2. The SMILES string of the molecule is COC1C(OC(=O)N(Cl)C(C)=O)CCC(O)(C[S+](C)Cc2ccccc2)C1C1(C)OC1CC=C(C)C. The lowest BCUT2D eigenvalue weighted by Gasteiger charge is -2.48. The summed E-state index contributed by atoms with van der Waals surface area (Å²) in [7, 11) is 1.44. The fourth-order valence-electron chi connectivity index (χ4n) is 5.48. The first-order valence-corrected chi connectivity index (χ1v) is 14.6. The van der Waals surface area contributed by atoms with Crippen LogP contribution in [0.2, 0.25) is 0 Å². The number of epoxide rings is 1. The lowest BCUT2D eigenvalue weighted by Crippen LogP contribution is -2.62. The minimum absolute atomic E-state index is 0.0782. The first-order valence-electron chi connectivity index (χ1n) is 12.3. The number of nitrogens with zero attached hydrogens (tertiary/aromatic N) is 1. The van der Waals surface area contributed by atoms with Gasteiger partial charge in [0.15, 0.2) is 0 Å². The van der Waals surface area contributed by atoms with Crippen LogP contribution in [0.4, 0.5) is 4.79 Å². The van der Waals surface area contributed by atoms with E-state index in [0.717, 1.165) is 12.2 Å². The number of carbonyl (C=O) groups excluding carboxylic acids is 2. The number of halogens is 1. The van der Waals surface area contributed by atoms with Gasteiger partial charge in [0.25, 0.3) is 0 Å². The van der Waals surface area contributed by atoms with Crippen molar-refractivity contribution < 1.29 is 28.9 Å². The van der Waals surface area contributed by atoms with Gasteiger partial charge in [0.2, 0.25) is 5.91 Å². The van der Waals surface area contributed by atoms with Gasteiger partial charge in [-0.25, -0.2) is 4.79 Å². The summed E-state index contributed by atoms with van der Waals surface area (Å²) in [6.45, 7) is 7.29. The molecule has 1 aliphatic carbocycles. The number of methoxy groups -OCH3 is 1. The van der Waals surface area contributed by atoms with E-state index in [4.69, 9.17) is 26.0 Å². The molecule has 2 fully saturated rings. The Morgan fingerprint density at radius 2 is 1.94 bits per heavy atom. The van der Waals surface area contributed by atoms with Crippen LogP contribution in [0.3, 0.4) is 0 Å². The third-order valence-electron chi connectivity index (χ3n) is 7.18. The molecule has 1 saturated carbocycles. The Hall–Kier alpha value is -1.58. The van der Waals surface area contributed by atoms with E-state index in [1.54, 1.807) is 7.11 Å². The maximum absolute atomic E-state index is 12.5. The van der Waals surface area contributed by atoms with Gasteiger partial charge in [-0.1, -0.05) is 42.0 Å². The maximum atomic E-state index is 12.5. The molecule has 1 aromatic carbocycles. The summed E-state index contributed by atoms with van der Waals surface area (Å²) in [6.07, 6.45) is 3.52. The Morgan fingerprint density at radius 1 is 1.28 bits per heavy atom. The predicted octanol–water partition coefficient (Wildman–Crippen LogP) is 4.61. The number of amides is 2. The highest BCUT2D eigenvalue weighted by Crippen LogP contribution is 2.55. The minimum atomic E-state index is -1.08. The molecule has 200 valence electrons. The highest BCUT2D eigenvalue weighted by atomic mass is 35.5. The summed E-state index contributed by atoms with van der Waals surface area (Å²) in [4.78, 5) is 24.0.